The van der Waals surface area contributed by atoms with Crippen molar-refractivity contribution in [2.24, 2.45) is 0 Å². The molecule has 0 saturated carbocycles. The summed E-state index contributed by atoms with van der Waals surface area (Å²) in [5.41, 5.74) is 0. The second-order valence-corrected chi connectivity index (χ2v) is 11.1. The van der Waals surface area contributed by atoms with Crippen LogP contribution in [0.1, 0.15) is 47.0 Å². The minimum absolute atomic E-state index is 0.151. The van der Waals surface area contributed by atoms with Crippen LogP contribution >= 0.6 is 0 Å². The number of hydrogen-bond acceptors (Lipinski definition) is 3. The van der Waals surface area contributed by atoms with Gasteiger partial charge in [-0.1, -0.05) is 39.8 Å². The third kappa shape index (κ3) is 6.92. The Bertz CT molecular complexity index is 303. The molecule has 4 heteroatoms. The van der Waals surface area contributed by atoms with Crippen LogP contribution in [0.2, 0.25) is 18.1 Å². The highest BCUT2D eigenvalue weighted by Crippen LogP contribution is 2.37. The van der Waals surface area contributed by atoms with Crippen molar-refractivity contribution in [3.8, 4) is 0 Å². The standard InChI is InChI=1S/C15H30O3Si/c1-8-13(11-9-10-12-14(16)17-5)18-19(6,7)15(2,3)4/h9,11,13H,8,10,12H2,1-7H3/b11-9-/t13-/m0/s1. The van der Waals surface area contributed by atoms with E-state index in [1.54, 1.807) is 0 Å². The molecule has 0 unspecified atom stereocenters. The van der Waals surface area contributed by atoms with E-state index in [0.717, 1.165) is 6.42 Å². The van der Waals surface area contributed by atoms with Gasteiger partial charge in [0.1, 0.15) is 0 Å². The van der Waals surface area contributed by atoms with E-state index in [4.69, 9.17) is 4.43 Å². The summed E-state index contributed by atoms with van der Waals surface area (Å²) in [6.45, 7) is 13.4. The number of ether oxygens (including phenoxy) is 1. The van der Waals surface area contributed by atoms with Gasteiger partial charge in [0.05, 0.1) is 13.2 Å². The summed E-state index contributed by atoms with van der Waals surface area (Å²) in [7, 11) is -0.303. The van der Waals surface area contributed by atoms with Gasteiger partial charge in [0, 0.05) is 6.42 Å². The van der Waals surface area contributed by atoms with Crippen LogP contribution in [0, 0.1) is 0 Å². The van der Waals surface area contributed by atoms with Gasteiger partial charge in [0.2, 0.25) is 0 Å². The minimum atomic E-state index is -1.72. The van der Waals surface area contributed by atoms with Crippen LogP contribution in [-0.2, 0) is 14.0 Å². The lowest BCUT2D eigenvalue weighted by atomic mass is 10.2. The Kier molecular flexibility index (Phi) is 7.60. The molecule has 0 fully saturated rings. The van der Waals surface area contributed by atoms with Gasteiger partial charge in [-0.15, -0.1) is 0 Å². The summed E-state index contributed by atoms with van der Waals surface area (Å²) in [5, 5.41) is 0.222. The van der Waals surface area contributed by atoms with Gasteiger partial charge < -0.3 is 9.16 Å². The summed E-state index contributed by atoms with van der Waals surface area (Å²) in [5.74, 6) is -0.164. The highest BCUT2D eigenvalue weighted by atomic mass is 28.4. The Morgan fingerprint density at radius 1 is 1.32 bits per heavy atom. The molecule has 3 nitrogen and oxygen atoms in total. The van der Waals surface area contributed by atoms with E-state index < -0.39 is 8.32 Å². The predicted octanol–water partition coefficient (Wildman–Crippen LogP) is 4.30. The van der Waals surface area contributed by atoms with Crippen molar-refractivity contribution in [2.45, 2.75) is 71.2 Å². The quantitative estimate of drug-likeness (QED) is 0.398. The summed E-state index contributed by atoms with van der Waals surface area (Å²) < 4.78 is 10.9. The summed E-state index contributed by atoms with van der Waals surface area (Å²) in [6, 6.07) is 0. The van der Waals surface area contributed by atoms with Crippen molar-refractivity contribution in [3.05, 3.63) is 12.2 Å². The molecule has 0 N–H and O–H groups in total. The number of esters is 1. The molecule has 112 valence electrons. The van der Waals surface area contributed by atoms with E-state index in [2.05, 4.69) is 51.6 Å². The Morgan fingerprint density at radius 2 is 1.89 bits per heavy atom. The molecule has 0 aliphatic heterocycles. The molecule has 19 heavy (non-hydrogen) atoms. The van der Waals surface area contributed by atoms with Crippen molar-refractivity contribution < 1.29 is 14.0 Å². The highest BCUT2D eigenvalue weighted by Gasteiger charge is 2.38. The normalized spacial score (nSPS) is 14.7. The van der Waals surface area contributed by atoms with Crippen LogP contribution < -0.4 is 0 Å². The first-order valence-electron chi connectivity index (χ1n) is 7.05. The molecule has 0 aliphatic carbocycles. The lowest BCUT2D eigenvalue weighted by molar-refractivity contribution is -0.140. The number of rotatable bonds is 7. The zero-order valence-corrected chi connectivity index (χ0v) is 14.6. The lowest BCUT2D eigenvalue weighted by Crippen LogP contribution is -2.43. The molecule has 0 radical (unpaired) electrons. The minimum Gasteiger partial charge on any atom is -0.469 e. The van der Waals surface area contributed by atoms with Gasteiger partial charge in [-0.05, 0) is 31.0 Å². The smallest absolute Gasteiger partial charge is 0.305 e. The first-order valence-corrected chi connectivity index (χ1v) is 9.96. The highest BCUT2D eigenvalue weighted by molar-refractivity contribution is 6.74. The molecule has 0 aromatic heterocycles. The molecule has 0 aliphatic rings. The molecule has 0 amide bonds. The van der Waals surface area contributed by atoms with Crippen molar-refractivity contribution in [1.29, 1.82) is 0 Å². The van der Waals surface area contributed by atoms with Gasteiger partial charge in [0.15, 0.2) is 8.32 Å². The number of methoxy groups -OCH3 is 1. The maximum atomic E-state index is 11.0. The summed E-state index contributed by atoms with van der Waals surface area (Å²) in [6.07, 6.45) is 6.37. The maximum Gasteiger partial charge on any atom is 0.305 e. The predicted molar refractivity (Wildman–Crippen MR) is 82.8 cm³/mol. The fraction of sp³-hybridized carbons (Fsp3) is 0.800. The van der Waals surface area contributed by atoms with Gasteiger partial charge in [0.25, 0.3) is 0 Å². The Hall–Kier alpha value is -0.613. The monoisotopic (exact) mass is 286 g/mol. The van der Waals surface area contributed by atoms with Gasteiger partial charge in [-0.3, -0.25) is 4.79 Å². The maximum absolute atomic E-state index is 11.0. The number of carbonyl (C=O) groups excluding carboxylic acids is 1. The third-order valence-electron chi connectivity index (χ3n) is 3.75. The molecular formula is C15H30O3Si. The third-order valence-corrected chi connectivity index (χ3v) is 8.25. The Balaban J connectivity index is 4.36. The Labute approximate surface area is 119 Å². The number of hydrogen-bond donors (Lipinski definition) is 0. The van der Waals surface area contributed by atoms with Crippen LogP contribution in [0.5, 0.6) is 0 Å². The van der Waals surface area contributed by atoms with E-state index in [1.807, 2.05) is 6.08 Å². The topological polar surface area (TPSA) is 35.5 Å². The fourth-order valence-electron chi connectivity index (χ4n) is 1.37. The van der Waals surface area contributed by atoms with E-state index in [9.17, 15) is 4.79 Å². The molecule has 0 rings (SSSR count). The van der Waals surface area contributed by atoms with Crippen LogP contribution in [0.4, 0.5) is 0 Å². The van der Waals surface area contributed by atoms with E-state index in [-0.39, 0.29) is 17.1 Å². The second kappa shape index (κ2) is 7.85. The van der Waals surface area contributed by atoms with Gasteiger partial charge in [-0.2, -0.15) is 0 Å². The van der Waals surface area contributed by atoms with Crippen LogP contribution in [0.3, 0.4) is 0 Å². The molecule has 1 atom stereocenters. The van der Waals surface area contributed by atoms with Crippen molar-refractivity contribution in [2.75, 3.05) is 7.11 Å². The second-order valence-electron chi connectivity index (χ2n) is 6.37. The fourth-order valence-corrected chi connectivity index (χ4v) is 2.72. The summed E-state index contributed by atoms with van der Waals surface area (Å²) in [4.78, 5) is 11.0. The van der Waals surface area contributed by atoms with Crippen molar-refractivity contribution in [1.82, 2.24) is 0 Å². The molecule has 0 heterocycles. The molecule has 0 aromatic carbocycles. The van der Waals surface area contributed by atoms with Crippen LogP contribution in [0.15, 0.2) is 12.2 Å². The zero-order valence-electron chi connectivity index (χ0n) is 13.6. The number of carbonyl (C=O) groups is 1. The summed E-state index contributed by atoms with van der Waals surface area (Å²) >= 11 is 0. The van der Waals surface area contributed by atoms with Gasteiger partial charge in [-0.25, -0.2) is 0 Å². The Morgan fingerprint density at radius 3 is 2.32 bits per heavy atom. The SMILES string of the molecule is CC[C@@H](/C=C\CCC(=O)OC)O[Si](C)(C)C(C)(C)C. The van der Waals surface area contributed by atoms with Crippen molar-refractivity contribution >= 4 is 14.3 Å². The zero-order chi connectivity index (χ0) is 15.1. The van der Waals surface area contributed by atoms with Crippen LogP contribution in [0.25, 0.3) is 0 Å². The molecule has 0 aromatic rings. The van der Waals surface area contributed by atoms with E-state index in [0.29, 0.717) is 12.8 Å². The molecule has 0 spiro atoms. The van der Waals surface area contributed by atoms with E-state index >= 15 is 0 Å². The van der Waals surface area contributed by atoms with Crippen LogP contribution in [-0.4, -0.2) is 27.5 Å². The van der Waals surface area contributed by atoms with Crippen molar-refractivity contribution in [3.63, 3.8) is 0 Å². The molecule has 0 bridgehead atoms. The van der Waals surface area contributed by atoms with E-state index in [1.165, 1.54) is 7.11 Å². The first kappa shape index (κ1) is 18.4. The van der Waals surface area contributed by atoms with Gasteiger partial charge >= 0.3 is 5.97 Å². The molecular weight excluding hydrogens is 256 g/mol. The largest absolute Gasteiger partial charge is 0.469 e. The molecule has 0 saturated heterocycles. The average Bonchev–Trinajstić information content (AvgIpc) is 2.30. The number of allylic oxidation sites excluding steroid dienone is 1. The average molecular weight is 286 g/mol. The lowest BCUT2D eigenvalue weighted by Gasteiger charge is -2.38. The first-order chi connectivity index (χ1) is 8.64.